The van der Waals surface area contributed by atoms with Crippen LogP contribution in [-0.2, 0) is 28.6 Å². The zero-order valence-corrected chi connectivity index (χ0v) is 31.2. The Morgan fingerprint density at radius 1 is 0.820 bits per heavy atom. The molecule has 0 saturated heterocycles. The quantitative estimate of drug-likeness (QED) is 0.133. The summed E-state index contributed by atoms with van der Waals surface area (Å²) in [5.41, 5.74) is 0.967. The molecule has 1 amide bonds. The average molecular weight is 769 g/mol. The first-order valence-electron chi connectivity index (χ1n) is 16.3. The number of hydrogen-bond donors (Lipinski definition) is 2. The van der Waals surface area contributed by atoms with Gasteiger partial charge < -0.3 is 24.6 Å². The van der Waals surface area contributed by atoms with Crippen LogP contribution in [0.2, 0.25) is 20.1 Å². The molecule has 2 saturated carbocycles. The van der Waals surface area contributed by atoms with E-state index < -0.39 is 29.2 Å². The number of benzene rings is 2. The van der Waals surface area contributed by atoms with Crippen molar-refractivity contribution in [2.75, 3.05) is 13.1 Å². The number of nitrogens with zero attached hydrogens (tertiary/aromatic N) is 1. The van der Waals surface area contributed by atoms with E-state index in [0.717, 1.165) is 36.8 Å². The molecule has 4 aliphatic rings. The number of alkyl carbamates (subject to hydrolysis) is 1. The summed E-state index contributed by atoms with van der Waals surface area (Å²) in [6.45, 7) is 8.24. The minimum absolute atomic E-state index is 0.0207. The predicted octanol–water partition coefficient (Wildman–Crippen LogP) is 9.41. The average Bonchev–Trinajstić information content (AvgIpc) is 3.80. The Labute approximate surface area is 310 Å². The number of hydrogen-bond acceptors (Lipinski definition) is 9. The van der Waals surface area contributed by atoms with Crippen LogP contribution < -0.4 is 5.32 Å². The Morgan fingerprint density at radius 2 is 1.24 bits per heavy atom. The van der Waals surface area contributed by atoms with Crippen molar-refractivity contribution in [3.05, 3.63) is 78.1 Å². The molecule has 10 nitrogen and oxygen atoms in total. The van der Waals surface area contributed by atoms with Crippen LogP contribution in [0.3, 0.4) is 0 Å². The van der Waals surface area contributed by atoms with Gasteiger partial charge in [-0.15, -0.1) is 0 Å². The van der Waals surface area contributed by atoms with Gasteiger partial charge in [-0.1, -0.05) is 46.4 Å². The van der Waals surface area contributed by atoms with E-state index in [4.69, 9.17) is 65.4 Å². The van der Waals surface area contributed by atoms with Crippen molar-refractivity contribution in [1.82, 2.24) is 5.32 Å². The third-order valence-electron chi connectivity index (χ3n) is 8.73. The largest absolute Gasteiger partial charge is 0.507 e. The fourth-order valence-electron chi connectivity index (χ4n) is 6.55. The van der Waals surface area contributed by atoms with Gasteiger partial charge in [0.15, 0.2) is 22.7 Å². The van der Waals surface area contributed by atoms with Gasteiger partial charge in [0.25, 0.3) is 0 Å². The summed E-state index contributed by atoms with van der Waals surface area (Å²) in [6.07, 6.45) is 6.92. The number of aliphatic hydroxyl groups is 1. The first kappa shape index (κ1) is 39.3. The second kappa shape index (κ2) is 16.7. The molecular formula is C36H38Cl4N2O8. The molecule has 50 heavy (non-hydrogen) atoms. The van der Waals surface area contributed by atoms with Crippen molar-refractivity contribution >= 4 is 81.7 Å². The maximum atomic E-state index is 12.7. The van der Waals surface area contributed by atoms with Crippen molar-refractivity contribution in [2.24, 2.45) is 4.99 Å². The molecule has 0 radical (unpaired) electrons. The Kier molecular flexibility index (Phi) is 13.1. The summed E-state index contributed by atoms with van der Waals surface area (Å²) in [7, 11) is 0. The summed E-state index contributed by atoms with van der Waals surface area (Å²) in [6, 6.07) is 6.87. The number of aliphatic hydroxyl groups excluding tert-OH is 1. The molecule has 2 fully saturated rings. The summed E-state index contributed by atoms with van der Waals surface area (Å²) < 4.78 is 16.7. The first-order valence-corrected chi connectivity index (χ1v) is 17.8. The van der Waals surface area contributed by atoms with Gasteiger partial charge in [0.2, 0.25) is 6.08 Å². The van der Waals surface area contributed by atoms with Crippen molar-refractivity contribution < 1.29 is 38.5 Å². The summed E-state index contributed by atoms with van der Waals surface area (Å²) in [5, 5.41) is 14.4. The highest BCUT2D eigenvalue weighted by atomic mass is 35.5. The lowest BCUT2D eigenvalue weighted by molar-refractivity contribution is -0.147. The van der Waals surface area contributed by atoms with Gasteiger partial charge in [-0.05, 0) is 114 Å². The number of amides is 1. The van der Waals surface area contributed by atoms with Crippen LogP contribution in [0.4, 0.5) is 4.79 Å². The van der Waals surface area contributed by atoms with Crippen LogP contribution in [0.15, 0.2) is 40.8 Å². The zero-order chi connectivity index (χ0) is 36.8. The summed E-state index contributed by atoms with van der Waals surface area (Å²) in [5.74, 6) is -0.910. The second-order valence-electron chi connectivity index (χ2n) is 12.3. The van der Waals surface area contributed by atoms with E-state index in [1.165, 1.54) is 6.08 Å². The standard InChI is InChI=1S/C18H19Cl2NO4.C15H14Cl2O3.C3H5NO/c1-3-21-17(23)24-15-14(13-11(19)8-10(2)9-12(13)20)16(22)25-18(15)6-4-5-7-18;1-8-6-9(16)11(10(17)7-8)12-13(18)15(20-14(12)19)4-2-3-5-15;1-2-4-3-5/h8-9H,3-7H2,1-2H3,(H,21,23);6-7,18H,2-5H2,1H3;2H2,1H3. The maximum Gasteiger partial charge on any atom is 0.412 e. The SMILES string of the molecule is CCN=C=O.CCNC(=O)OC1=C(c2c(Cl)cc(C)cc2Cl)C(=O)OC12CCCC2.Cc1cc(Cl)c(C2=C(O)C3(CCCC3)OC2=O)c(Cl)c1. The second-order valence-corrected chi connectivity index (χ2v) is 13.9. The number of aryl methyl sites for hydroxylation is 2. The number of aliphatic imine (C=N–C) groups is 1. The molecule has 2 heterocycles. The molecule has 2 aromatic rings. The van der Waals surface area contributed by atoms with E-state index in [-0.39, 0.29) is 22.7 Å². The molecule has 0 unspecified atom stereocenters. The van der Waals surface area contributed by atoms with Crippen LogP contribution in [0, 0.1) is 13.8 Å². The van der Waals surface area contributed by atoms with Crippen LogP contribution in [0.1, 0.15) is 87.5 Å². The van der Waals surface area contributed by atoms with E-state index in [0.29, 0.717) is 70.0 Å². The highest BCUT2D eigenvalue weighted by molar-refractivity contribution is 6.41. The molecule has 0 aromatic heterocycles. The number of ether oxygens (including phenoxy) is 3. The molecule has 2 aromatic carbocycles. The molecule has 0 atom stereocenters. The number of carbonyl (C=O) groups is 3. The van der Waals surface area contributed by atoms with Crippen molar-refractivity contribution in [3.63, 3.8) is 0 Å². The molecule has 14 heteroatoms. The third kappa shape index (κ3) is 8.16. The van der Waals surface area contributed by atoms with E-state index in [2.05, 4.69) is 10.3 Å². The van der Waals surface area contributed by atoms with E-state index in [1.807, 2.05) is 13.8 Å². The zero-order valence-electron chi connectivity index (χ0n) is 28.1. The summed E-state index contributed by atoms with van der Waals surface area (Å²) >= 11 is 25.1. The number of rotatable bonds is 5. The minimum atomic E-state index is -0.908. The molecule has 2 aliphatic heterocycles. The fraction of sp³-hybridized carbons (Fsp3) is 0.444. The van der Waals surface area contributed by atoms with E-state index in [1.54, 1.807) is 38.1 Å². The number of carbonyl (C=O) groups excluding carboxylic acids is 4. The Hall–Kier alpha value is -3.53. The molecule has 0 bridgehead atoms. The van der Waals surface area contributed by atoms with Crippen molar-refractivity contribution in [2.45, 2.75) is 90.3 Å². The smallest absolute Gasteiger partial charge is 0.412 e. The number of esters is 2. The van der Waals surface area contributed by atoms with Crippen molar-refractivity contribution in [3.8, 4) is 0 Å². The lowest BCUT2D eigenvalue weighted by Crippen LogP contribution is -2.33. The van der Waals surface area contributed by atoms with Gasteiger partial charge in [0.05, 0.1) is 20.1 Å². The number of nitrogens with one attached hydrogen (secondary N) is 1. The van der Waals surface area contributed by atoms with Gasteiger partial charge in [0, 0.05) is 24.2 Å². The first-order chi connectivity index (χ1) is 23.7. The van der Waals surface area contributed by atoms with E-state index >= 15 is 0 Å². The van der Waals surface area contributed by atoms with Crippen molar-refractivity contribution in [1.29, 1.82) is 0 Å². The Morgan fingerprint density at radius 3 is 1.66 bits per heavy atom. The molecular weight excluding hydrogens is 730 g/mol. The lowest BCUT2D eigenvalue weighted by Gasteiger charge is -2.24. The van der Waals surface area contributed by atoms with E-state index in [9.17, 15) is 19.5 Å². The number of halogens is 4. The molecule has 6 rings (SSSR count). The highest BCUT2D eigenvalue weighted by Crippen LogP contribution is 2.51. The van der Waals surface area contributed by atoms with Crippen LogP contribution >= 0.6 is 46.4 Å². The van der Waals surface area contributed by atoms with Gasteiger partial charge >= 0.3 is 18.0 Å². The maximum absolute atomic E-state index is 12.7. The monoisotopic (exact) mass is 766 g/mol. The third-order valence-corrected chi connectivity index (χ3v) is 9.92. The fourth-order valence-corrected chi connectivity index (χ4v) is 8.12. The molecule has 2 aliphatic carbocycles. The molecule has 268 valence electrons. The Balaban J connectivity index is 0.000000202. The van der Waals surface area contributed by atoms with Crippen LogP contribution in [0.25, 0.3) is 11.1 Å². The van der Waals surface area contributed by atoms with Gasteiger partial charge in [-0.25, -0.2) is 24.2 Å². The Bertz CT molecular complexity index is 1740. The van der Waals surface area contributed by atoms with Gasteiger partial charge in [-0.2, -0.15) is 0 Å². The normalized spacial score (nSPS) is 18.2. The van der Waals surface area contributed by atoms with Crippen LogP contribution in [0.5, 0.6) is 0 Å². The summed E-state index contributed by atoms with van der Waals surface area (Å²) in [4.78, 5) is 49.2. The van der Waals surface area contributed by atoms with Gasteiger partial charge in [0.1, 0.15) is 11.1 Å². The lowest BCUT2D eigenvalue weighted by atomic mass is 9.95. The minimum Gasteiger partial charge on any atom is -0.507 e. The van der Waals surface area contributed by atoms with Gasteiger partial charge in [-0.3, -0.25) is 0 Å². The number of isocyanates is 1. The molecule has 2 spiro atoms. The van der Waals surface area contributed by atoms with Crippen LogP contribution in [-0.4, -0.2) is 53.5 Å². The highest BCUT2D eigenvalue weighted by Gasteiger charge is 2.53. The topological polar surface area (TPSA) is 141 Å². The molecule has 2 N–H and O–H groups in total. The predicted molar refractivity (Wildman–Crippen MR) is 192 cm³/mol.